The van der Waals surface area contributed by atoms with Crippen molar-refractivity contribution in [1.29, 1.82) is 0 Å². The molecule has 0 atom stereocenters. The maximum atomic E-state index is 13.0. The first-order chi connectivity index (χ1) is 23.2. The predicted octanol–water partition coefficient (Wildman–Crippen LogP) is 11.0. The van der Waals surface area contributed by atoms with Gasteiger partial charge >= 0.3 is 5.97 Å². The average Bonchev–Trinajstić information content (AvgIpc) is 3.85. The van der Waals surface area contributed by atoms with Crippen molar-refractivity contribution in [2.24, 2.45) is 0 Å². The van der Waals surface area contributed by atoms with Crippen LogP contribution in [0.2, 0.25) is 0 Å². The zero-order valence-electron chi connectivity index (χ0n) is 25.3. The standard InChI is InChI=1S/C41H28O2S4/c42-35(10-4-5-26-12-13-29-15-14-27-6-3-7-28-16-18-30(26)37(29)36(27)28)43-24-25-11-17-33-34(23-25)39(41-46-21-22-47-41)32-9-2-1-8-31(32)38(33)40-44-19-20-45-40/h1-3,6-9,11-23H,4-5,10,24H2. The summed E-state index contributed by atoms with van der Waals surface area (Å²) in [6.07, 6.45) is 1.98. The van der Waals surface area contributed by atoms with E-state index in [9.17, 15) is 4.79 Å². The van der Waals surface area contributed by atoms with Crippen LogP contribution in [-0.4, -0.2) is 5.97 Å². The van der Waals surface area contributed by atoms with E-state index in [-0.39, 0.29) is 12.6 Å². The minimum absolute atomic E-state index is 0.150. The van der Waals surface area contributed by atoms with Gasteiger partial charge in [-0.15, -0.1) is 0 Å². The largest absolute Gasteiger partial charge is 0.461 e. The number of rotatable bonds is 6. The molecule has 7 aromatic carbocycles. The Morgan fingerprint density at radius 1 is 0.553 bits per heavy atom. The Kier molecular flexibility index (Phi) is 7.70. The Bertz CT molecular complexity index is 2550. The zero-order chi connectivity index (χ0) is 31.3. The second kappa shape index (κ2) is 12.3. The number of aryl methyl sites for hydroxylation is 1. The van der Waals surface area contributed by atoms with Crippen molar-refractivity contribution in [2.75, 3.05) is 0 Å². The molecule has 0 radical (unpaired) electrons. The van der Waals surface area contributed by atoms with Gasteiger partial charge in [0.15, 0.2) is 0 Å². The highest BCUT2D eigenvalue weighted by atomic mass is 32.2. The van der Waals surface area contributed by atoms with Crippen LogP contribution in [0.4, 0.5) is 0 Å². The SMILES string of the molecule is O=C(CCCc1ccc2ccc3cccc4ccc1c2c34)OCc1ccc2c(=C3SC=CS3)c3ccccc3c(=C3SC=CS3)c2c1. The van der Waals surface area contributed by atoms with Gasteiger partial charge in [-0.2, -0.15) is 0 Å². The first-order valence-corrected chi connectivity index (χ1v) is 19.2. The van der Waals surface area contributed by atoms with E-state index in [4.69, 9.17) is 4.74 Å². The smallest absolute Gasteiger partial charge is 0.306 e. The summed E-state index contributed by atoms with van der Waals surface area (Å²) in [6.45, 7) is 0.268. The molecule has 9 rings (SSSR count). The number of hydrogen-bond donors (Lipinski definition) is 0. The number of thioether (sulfide) groups is 4. The maximum Gasteiger partial charge on any atom is 0.306 e. The molecule has 228 valence electrons. The molecule has 7 aromatic rings. The van der Waals surface area contributed by atoms with Crippen LogP contribution in [0, 0.1) is 0 Å². The van der Waals surface area contributed by atoms with Gasteiger partial charge in [0.1, 0.15) is 6.61 Å². The van der Waals surface area contributed by atoms with E-state index in [0.717, 1.165) is 18.4 Å². The van der Waals surface area contributed by atoms with E-state index >= 15 is 0 Å². The Labute approximate surface area is 289 Å². The molecule has 0 N–H and O–H groups in total. The minimum Gasteiger partial charge on any atom is -0.461 e. The van der Waals surface area contributed by atoms with Crippen LogP contribution in [0.15, 0.2) is 119 Å². The van der Waals surface area contributed by atoms with Gasteiger partial charge in [-0.25, -0.2) is 0 Å². The van der Waals surface area contributed by atoms with E-state index in [1.165, 1.54) is 78.3 Å². The quantitative estimate of drug-likeness (QED) is 0.0985. The van der Waals surface area contributed by atoms with E-state index in [2.05, 4.69) is 119 Å². The molecule has 0 amide bonds. The number of carbonyl (C=O) groups excluding carboxylic acids is 1. The third kappa shape index (κ3) is 5.23. The van der Waals surface area contributed by atoms with E-state index < -0.39 is 0 Å². The van der Waals surface area contributed by atoms with Crippen LogP contribution in [0.1, 0.15) is 24.0 Å². The summed E-state index contributed by atoms with van der Waals surface area (Å²) in [7, 11) is 0. The number of fused-ring (bicyclic) bond motifs is 2. The average molecular weight is 681 g/mol. The van der Waals surface area contributed by atoms with Gasteiger partial charge in [0.05, 0.1) is 8.47 Å². The number of hydrogen-bond acceptors (Lipinski definition) is 6. The second-order valence-corrected chi connectivity index (χ2v) is 16.0. The fourth-order valence-electron chi connectivity index (χ4n) is 7.08. The van der Waals surface area contributed by atoms with Crippen molar-refractivity contribution in [2.45, 2.75) is 25.9 Å². The molecule has 0 saturated carbocycles. The van der Waals surface area contributed by atoms with Crippen LogP contribution < -0.4 is 10.4 Å². The Morgan fingerprint density at radius 3 is 1.83 bits per heavy atom. The van der Waals surface area contributed by atoms with Crippen molar-refractivity contribution in [3.8, 4) is 0 Å². The van der Waals surface area contributed by atoms with Gasteiger partial charge in [0.2, 0.25) is 0 Å². The molecule has 2 aliphatic rings. The molecule has 0 unspecified atom stereocenters. The van der Waals surface area contributed by atoms with Crippen LogP contribution >= 0.6 is 47.0 Å². The summed E-state index contributed by atoms with van der Waals surface area (Å²) >= 11 is 7.14. The molecular formula is C41H28O2S4. The number of ether oxygens (including phenoxy) is 1. The lowest BCUT2D eigenvalue weighted by Gasteiger charge is -2.14. The summed E-state index contributed by atoms with van der Waals surface area (Å²) in [5, 5.41) is 23.9. The summed E-state index contributed by atoms with van der Waals surface area (Å²) < 4.78 is 8.47. The van der Waals surface area contributed by atoms with Crippen molar-refractivity contribution in [1.82, 2.24) is 0 Å². The molecule has 2 aliphatic heterocycles. The van der Waals surface area contributed by atoms with Crippen LogP contribution in [-0.2, 0) is 22.6 Å². The Morgan fingerprint density at radius 2 is 1.13 bits per heavy atom. The third-order valence-corrected chi connectivity index (χ3v) is 13.4. The van der Waals surface area contributed by atoms with Crippen molar-refractivity contribution >= 4 is 115 Å². The topological polar surface area (TPSA) is 26.3 Å². The normalized spacial score (nSPS) is 14.6. The maximum absolute atomic E-state index is 13.0. The van der Waals surface area contributed by atoms with Crippen molar-refractivity contribution in [3.63, 3.8) is 0 Å². The number of benzene rings is 7. The molecule has 2 nitrogen and oxygen atoms in total. The van der Waals surface area contributed by atoms with E-state index in [1.54, 1.807) is 47.0 Å². The molecular weight excluding hydrogens is 653 g/mol. The summed E-state index contributed by atoms with van der Waals surface area (Å²) in [5.74, 6) is -0.150. The molecule has 0 saturated heterocycles. The number of carbonyl (C=O) groups is 1. The number of esters is 1. The second-order valence-electron chi connectivity index (χ2n) is 11.9. The summed E-state index contributed by atoms with van der Waals surface area (Å²) in [5.41, 5.74) is 2.30. The zero-order valence-corrected chi connectivity index (χ0v) is 28.6. The predicted molar refractivity (Wildman–Crippen MR) is 209 cm³/mol. The molecule has 47 heavy (non-hydrogen) atoms. The molecule has 2 heterocycles. The molecule has 0 spiro atoms. The highest BCUT2D eigenvalue weighted by molar-refractivity contribution is 8.35. The molecule has 6 heteroatoms. The first kappa shape index (κ1) is 29.3. The molecule has 0 fully saturated rings. The highest BCUT2D eigenvalue weighted by Crippen LogP contribution is 2.41. The molecule has 0 aromatic heterocycles. The van der Waals surface area contributed by atoms with Gasteiger partial charge in [-0.1, -0.05) is 138 Å². The van der Waals surface area contributed by atoms with Crippen LogP contribution in [0.3, 0.4) is 0 Å². The summed E-state index contributed by atoms with van der Waals surface area (Å²) in [4.78, 5) is 13.0. The third-order valence-electron chi connectivity index (χ3n) is 9.15. The van der Waals surface area contributed by atoms with Crippen molar-refractivity contribution < 1.29 is 9.53 Å². The fourth-order valence-corrected chi connectivity index (χ4v) is 10.9. The van der Waals surface area contributed by atoms with E-state index in [1.807, 2.05) is 0 Å². The monoisotopic (exact) mass is 680 g/mol. The van der Waals surface area contributed by atoms with Gasteiger partial charge < -0.3 is 4.74 Å². The molecule has 0 aliphatic carbocycles. The lowest BCUT2D eigenvalue weighted by atomic mass is 9.90. The van der Waals surface area contributed by atoms with E-state index in [0.29, 0.717) is 6.42 Å². The van der Waals surface area contributed by atoms with Gasteiger partial charge in [-0.3, -0.25) is 4.79 Å². The Hall–Kier alpha value is -3.81. The van der Waals surface area contributed by atoms with Gasteiger partial charge in [-0.05, 0) is 106 Å². The Balaban J connectivity index is 0.980. The van der Waals surface area contributed by atoms with Gasteiger partial charge in [0.25, 0.3) is 0 Å². The highest BCUT2D eigenvalue weighted by Gasteiger charge is 2.17. The van der Waals surface area contributed by atoms with Crippen LogP contribution in [0.5, 0.6) is 0 Å². The lowest BCUT2D eigenvalue weighted by Crippen LogP contribution is -2.17. The minimum atomic E-state index is -0.150. The van der Waals surface area contributed by atoms with Gasteiger partial charge in [0, 0.05) is 16.9 Å². The lowest BCUT2D eigenvalue weighted by molar-refractivity contribution is -0.145. The van der Waals surface area contributed by atoms with Crippen molar-refractivity contribution in [3.05, 3.63) is 140 Å². The first-order valence-electron chi connectivity index (χ1n) is 15.7. The fraction of sp³-hybridized carbons (Fsp3) is 0.0976. The summed E-state index contributed by atoms with van der Waals surface area (Å²) in [6, 6.07) is 35.2. The van der Waals surface area contributed by atoms with Crippen LogP contribution in [0.25, 0.3) is 62.3 Å². The molecule has 0 bridgehead atoms.